The largest absolute Gasteiger partial charge is 0.493 e. The number of carbonyl (C=O) groups is 1. The molecule has 0 atom stereocenters. The molecule has 1 fully saturated rings. The highest BCUT2D eigenvalue weighted by molar-refractivity contribution is 5.96. The molecule has 1 aromatic rings. The van der Waals surface area contributed by atoms with Crippen molar-refractivity contribution in [3.8, 4) is 11.5 Å². The Morgan fingerprint density at radius 1 is 1.24 bits per heavy atom. The van der Waals surface area contributed by atoms with Crippen LogP contribution < -0.4 is 14.4 Å². The summed E-state index contributed by atoms with van der Waals surface area (Å²) < 4.78 is 10.4. The van der Waals surface area contributed by atoms with E-state index in [2.05, 4.69) is 0 Å². The number of benzene rings is 1. The molecule has 1 aromatic carbocycles. The van der Waals surface area contributed by atoms with Crippen molar-refractivity contribution in [3.63, 3.8) is 0 Å². The fourth-order valence-electron chi connectivity index (χ4n) is 1.76. The Morgan fingerprint density at radius 3 is 2.41 bits per heavy atom. The summed E-state index contributed by atoms with van der Waals surface area (Å²) in [5.74, 6) is 1.70. The van der Waals surface area contributed by atoms with Gasteiger partial charge in [-0.1, -0.05) is 0 Å². The summed E-state index contributed by atoms with van der Waals surface area (Å²) in [5.41, 5.74) is 0.833. The van der Waals surface area contributed by atoms with Crippen LogP contribution in [-0.4, -0.2) is 27.2 Å². The Hall–Kier alpha value is -1.71. The number of anilines is 1. The first-order chi connectivity index (χ1) is 8.17. The molecule has 0 aromatic heterocycles. The molecule has 0 spiro atoms. The molecule has 17 heavy (non-hydrogen) atoms. The van der Waals surface area contributed by atoms with Crippen LogP contribution in [-0.2, 0) is 4.79 Å². The Morgan fingerprint density at radius 2 is 1.88 bits per heavy atom. The fourth-order valence-corrected chi connectivity index (χ4v) is 1.76. The molecule has 2 rings (SSSR count). The van der Waals surface area contributed by atoms with Gasteiger partial charge in [0.15, 0.2) is 11.5 Å². The lowest BCUT2D eigenvalue weighted by atomic mass is 10.2. The van der Waals surface area contributed by atoms with Crippen LogP contribution in [0.25, 0.3) is 0 Å². The number of hydrogen-bond donors (Lipinski definition) is 0. The quantitative estimate of drug-likeness (QED) is 0.802. The lowest BCUT2D eigenvalue weighted by molar-refractivity contribution is -0.119. The molecule has 0 aliphatic heterocycles. The molecule has 0 saturated heterocycles. The third-order valence-corrected chi connectivity index (χ3v) is 3.01. The van der Waals surface area contributed by atoms with Gasteiger partial charge in [-0.25, -0.2) is 0 Å². The van der Waals surface area contributed by atoms with Gasteiger partial charge in [-0.2, -0.15) is 0 Å². The van der Waals surface area contributed by atoms with Crippen molar-refractivity contribution >= 4 is 11.6 Å². The van der Waals surface area contributed by atoms with Crippen molar-refractivity contribution < 1.29 is 14.3 Å². The molecule has 0 bridgehead atoms. The highest BCUT2D eigenvalue weighted by atomic mass is 16.5. The van der Waals surface area contributed by atoms with Crippen molar-refractivity contribution in [1.82, 2.24) is 0 Å². The van der Waals surface area contributed by atoms with E-state index in [1.54, 1.807) is 26.2 Å². The first-order valence-corrected chi connectivity index (χ1v) is 5.67. The molecule has 0 radical (unpaired) electrons. The van der Waals surface area contributed by atoms with Crippen molar-refractivity contribution in [2.75, 3.05) is 26.2 Å². The minimum Gasteiger partial charge on any atom is -0.493 e. The van der Waals surface area contributed by atoms with Crippen molar-refractivity contribution in [1.29, 1.82) is 0 Å². The number of hydrogen-bond acceptors (Lipinski definition) is 3. The van der Waals surface area contributed by atoms with Crippen LogP contribution in [0, 0.1) is 5.92 Å². The van der Waals surface area contributed by atoms with E-state index in [0.717, 1.165) is 18.5 Å². The maximum absolute atomic E-state index is 11.9. The van der Waals surface area contributed by atoms with Crippen LogP contribution >= 0.6 is 0 Å². The zero-order valence-electron chi connectivity index (χ0n) is 10.4. The van der Waals surface area contributed by atoms with Gasteiger partial charge in [0.2, 0.25) is 5.91 Å². The minimum absolute atomic E-state index is 0.178. The summed E-state index contributed by atoms with van der Waals surface area (Å²) in [5, 5.41) is 0. The predicted molar refractivity (Wildman–Crippen MR) is 65.7 cm³/mol. The molecule has 4 heteroatoms. The maximum atomic E-state index is 11.9. The van der Waals surface area contributed by atoms with Crippen molar-refractivity contribution in [2.45, 2.75) is 12.8 Å². The van der Waals surface area contributed by atoms with Gasteiger partial charge in [-0.3, -0.25) is 4.79 Å². The number of amides is 1. The Balaban J connectivity index is 2.22. The molecule has 92 valence electrons. The van der Waals surface area contributed by atoms with Crippen LogP contribution in [0.1, 0.15) is 12.8 Å². The third-order valence-electron chi connectivity index (χ3n) is 3.01. The van der Waals surface area contributed by atoms with Gasteiger partial charge in [-0.05, 0) is 25.0 Å². The van der Waals surface area contributed by atoms with Crippen molar-refractivity contribution in [3.05, 3.63) is 18.2 Å². The zero-order valence-corrected chi connectivity index (χ0v) is 10.4. The Bertz CT molecular complexity index is 427. The van der Waals surface area contributed by atoms with Gasteiger partial charge in [0.25, 0.3) is 0 Å². The lowest BCUT2D eigenvalue weighted by Gasteiger charge is -2.18. The topological polar surface area (TPSA) is 38.8 Å². The Labute approximate surface area is 101 Å². The van der Waals surface area contributed by atoms with Crippen LogP contribution in [0.15, 0.2) is 18.2 Å². The first-order valence-electron chi connectivity index (χ1n) is 5.67. The third kappa shape index (κ3) is 2.35. The van der Waals surface area contributed by atoms with Gasteiger partial charge in [-0.15, -0.1) is 0 Å². The van der Waals surface area contributed by atoms with E-state index in [1.165, 1.54) is 0 Å². The fraction of sp³-hybridized carbons (Fsp3) is 0.462. The number of ether oxygens (including phenoxy) is 2. The van der Waals surface area contributed by atoms with Gasteiger partial charge in [0.05, 0.1) is 14.2 Å². The predicted octanol–water partition coefficient (Wildman–Crippen LogP) is 2.08. The molecule has 0 heterocycles. The summed E-state index contributed by atoms with van der Waals surface area (Å²) in [4.78, 5) is 13.6. The van der Waals surface area contributed by atoms with Gasteiger partial charge in [0, 0.05) is 24.7 Å². The average Bonchev–Trinajstić information content (AvgIpc) is 3.20. The van der Waals surface area contributed by atoms with E-state index in [4.69, 9.17) is 9.47 Å². The zero-order chi connectivity index (χ0) is 12.4. The van der Waals surface area contributed by atoms with E-state index in [-0.39, 0.29) is 11.8 Å². The molecule has 0 N–H and O–H groups in total. The monoisotopic (exact) mass is 235 g/mol. The molecule has 4 nitrogen and oxygen atoms in total. The second-order valence-electron chi connectivity index (χ2n) is 4.21. The number of methoxy groups -OCH3 is 2. The first kappa shape index (κ1) is 11.8. The molecule has 1 amide bonds. The van der Waals surface area contributed by atoms with E-state index in [9.17, 15) is 4.79 Å². The molecule has 1 aliphatic rings. The van der Waals surface area contributed by atoms with E-state index in [0.29, 0.717) is 11.5 Å². The van der Waals surface area contributed by atoms with Crippen molar-refractivity contribution in [2.24, 2.45) is 5.92 Å². The Kier molecular flexibility index (Phi) is 3.22. The summed E-state index contributed by atoms with van der Waals surface area (Å²) in [6.45, 7) is 0. The lowest BCUT2D eigenvalue weighted by Crippen LogP contribution is -2.27. The minimum atomic E-state index is 0.178. The summed E-state index contributed by atoms with van der Waals surface area (Å²) in [6, 6.07) is 5.49. The second kappa shape index (κ2) is 4.65. The van der Waals surface area contributed by atoms with Gasteiger partial charge < -0.3 is 14.4 Å². The molecular formula is C13H17NO3. The smallest absolute Gasteiger partial charge is 0.229 e. The van der Waals surface area contributed by atoms with Gasteiger partial charge in [0.1, 0.15) is 0 Å². The number of rotatable bonds is 4. The standard InChI is InChI=1S/C13H17NO3/c1-14(13(15)9-4-5-9)10-6-7-11(16-2)12(8-10)17-3/h6-9H,4-5H2,1-3H3. The number of carbonyl (C=O) groups excluding carboxylic acids is 1. The van der Waals surface area contributed by atoms with Crippen LogP contribution in [0.2, 0.25) is 0 Å². The highest BCUT2D eigenvalue weighted by Gasteiger charge is 2.32. The molecule has 1 aliphatic carbocycles. The summed E-state index contributed by atoms with van der Waals surface area (Å²) in [7, 11) is 4.98. The maximum Gasteiger partial charge on any atom is 0.229 e. The summed E-state index contributed by atoms with van der Waals surface area (Å²) in [6.07, 6.45) is 2.02. The van der Waals surface area contributed by atoms with Crippen LogP contribution in [0.5, 0.6) is 11.5 Å². The SMILES string of the molecule is COc1ccc(N(C)C(=O)C2CC2)cc1OC. The normalized spacial score (nSPS) is 14.3. The van der Waals surface area contributed by atoms with Gasteiger partial charge >= 0.3 is 0 Å². The van der Waals surface area contributed by atoms with Crippen LogP contribution in [0.3, 0.4) is 0 Å². The number of nitrogens with zero attached hydrogens (tertiary/aromatic N) is 1. The van der Waals surface area contributed by atoms with E-state index >= 15 is 0 Å². The van der Waals surface area contributed by atoms with E-state index < -0.39 is 0 Å². The molecular weight excluding hydrogens is 218 g/mol. The summed E-state index contributed by atoms with van der Waals surface area (Å²) >= 11 is 0. The molecule has 0 unspecified atom stereocenters. The van der Waals surface area contributed by atoms with E-state index in [1.807, 2.05) is 18.2 Å². The van der Waals surface area contributed by atoms with Crippen LogP contribution in [0.4, 0.5) is 5.69 Å². The average molecular weight is 235 g/mol. The highest BCUT2D eigenvalue weighted by Crippen LogP contribution is 2.35. The second-order valence-corrected chi connectivity index (χ2v) is 4.21. The molecule has 1 saturated carbocycles.